The zero-order valence-electron chi connectivity index (χ0n) is 18.1. The zero-order valence-corrected chi connectivity index (χ0v) is 18.9. The predicted molar refractivity (Wildman–Crippen MR) is 121 cm³/mol. The van der Waals surface area contributed by atoms with Gasteiger partial charge in [0.1, 0.15) is 19.8 Å². The lowest BCUT2D eigenvalue weighted by Crippen LogP contribution is -2.28. The van der Waals surface area contributed by atoms with Crippen LogP contribution < -0.4 is 19.2 Å². The maximum Gasteiger partial charge on any atom is 0.325 e. The molecule has 0 saturated carbocycles. The van der Waals surface area contributed by atoms with E-state index in [0.29, 0.717) is 35.9 Å². The van der Waals surface area contributed by atoms with Crippen molar-refractivity contribution in [3.05, 3.63) is 46.8 Å². The van der Waals surface area contributed by atoms with Gasteiger partial charge in [-0.3, -0.25) is 24.1 Å². The number of methoxy groups -OCH3 is 1. The Kier molecular flexibility index (Phi) is 5.62. The number of carbonyl (C=O) groups excluding carboxylic acids is 4. The Hall–Kier alpha value is -3.99. The molecule has 0 radical (unpaired) electrons. The lowest BCUT2D eigenvalue weighted by Gasteiger charge is -2.18. The lowest BCUT2D eigenvalue weighted by atomic mass is 10.2. The van der Waals surface area contributed by atoms with Crippen molar-refractivity contribution in [1.29, 1.82) is 0 Å². The first kappa shape index (κ1) is 21.8. The van der Waals surface area contributed by atoms with E-state index in [9.17, 15) is 19.2 Å². The highest BCUT2D eigenvalue weighted by molar-refractivity contribution is 7.16. The fourth-order valence-electron chi connectivity index (χ4n) is 3.83. The molecular weight excluding hydrogens is 462 g/mol. The quantitative estimate of drug-likeness (QED) is 0.414. The number of thiazole rings is 1. The van der Waals surface area contributed by atoms with Crippen LogP contribution in [0.3, 0.4) is 0 Å². The number of nitrogens with zero attached hydrogens (tertiary/aromatic N) is 3. The number of aromatic nitrogens is 1. The molecule has 3 heterocycles. The minimum atomic E-state index is -0.580. The summed E-state index contributed by atoms with van der Waals surface area (Å²) in [5, 5.41) is 0. The van der Waals surface area contributed by atoms with Crippen LogP contribution in [0.1, 0.15) is 23.2 Å². The van der Waals surface area contributed by atoms with E-state index in [1.54, 1.807) is 34.9 Å². The molecule has 0 bridgehead atoms. The Morgan fingerprint density at radius 2 is 1.76 bits per heavy atom. The molecule has 3 amide bonds. The Morgan fingerprint density at radius 3 is 2.47 bits per heavy atom. The van der Waals surface area contributed by atoms with Gasteiger partial charge in [-0.2, -0.15) is 4.99 Å². The van der Waals surface area contributed by atoms with E-state index in [-0.39, 0.29) is 41.6 Å². The summed E-state index contributed by atoms with van der Waals surface area (Å²) in [6.07, 6.45) is 0.294. The van der Waals surface area contributed by atoms with Crippen molar-refractivity contribution in [2.45, 2.75) is 19.4 Å². The second-order valence-electron chi connectivity index (χ2n) is 7.60. The summed E-state index contributed by atoms with van der Waals surface area (Å²) < 4.78 is 18.4. The second kappa shape index (κ2) is 8.75. The van der Waals surface area contributed by atoms with Gasteiger partial charge in [0.25, 0.3) is 5.91 Å². The van der Waals surface area contributed by atoms with Crippen LogP contribution in [0.4, 0.5) is 5.69 Å². The molecule has 34 heavy (non-hydrogen) atoms. The van der Waals surface area contributed by atoms with E-state index >= 15 is 0 Å². The highest BCUT2D eigenvalue weighted by Crippen LogP contribution is 2.35. The highest BCUT2D eigenvalue weighted by atomic mass is 32.1. The highest BCUT2D eigenvalue weighted by Gasteiger charge is 2.30. The van der Waals surface area contributed by atoms with Crippen LogP contribution >= 0.6 is 11.3 Å². The van der Waals surface area contributed by atoms with Crippen molar-refractivity contribution in [2.24, 2.45) is 4.99 Å². The third kappa shape index (κ3) is 3.94. The number of rotatable bonds is 4. The van der Waals surface area contributed by atoms with Crippen LogP contribution in [-0.2, 0) is 25.7 Å². The Labute approximate surface area is 197 Å². The summed E-state index contributed by atoms with van der Waals surface area (Å²) >= 11 is 1.22. The van der Waals surface area contributed by atoms with Gasteiger partial charge in [0, 0.05) is 30.5 Å². The van der Waals surface area contributed by atoms with E-state index in [4.69, 9.17) is 14.2 Å². The fraction of sp³-hybridized carbons (Fsp3) is 0.261. The van der Waals surface area contributed by atoms with Crippen molar-refractivity contribution in [2.75, 3.05) is 25.2 Å². The molecule has 5 rings (SSSR count). The molecule has 2 aliphatic rings. The summed E-state index contributed by atoms with van der Waals surface area (Å²) in [5.41, 5.74) is 1.18. The van der Waals surface area contributed by atoms with E-state index in [1.165, 1.54) is 24.5 Å². The molecule has 11 heteroatoms. The maximum atomic E-state index is 13.1. The first-order valence-corrected chi connectivity index (χ1v) is 11.3. The Balaban J connectivity index is 1.58. The van der Waals surface area contributed by atoms with E-state index in [1.807, 2.05) is 0 Å². The number of ether oxygens (including phenoxy) is 3. The smallest absolute Gasteiger partial charge is 0.325 e. The standard InChI is InChI=1S/C23H19N3O7S/c1-31-21(29)12-25-15-10-16-17(33-8-7-32-16)11-18(15)34-23(25)24-22(30)13-3-2-4-14(9-13)26-19(27)5-6-20(26)28/h2-4,9-11H,5-8,12H2,1H3. The molecule has 0 aliphatic carbocycles. The SMILES string of the molecule is COC(=O)Cn1c(=NC(=O)c2cccc(N3C(=O)CCC3=O)c2)sc2cc3c(cc21)OCCO3. The van der Waals surface area contributed by atoms with Gasteiger partial charge >= 0.3 is 5.97 Å². The molecule has 0 N–H and O–H groups in total. The van der Waals surface area contributed by atoms with Gasteiger partial charge in [0.05, 0.1) is 23.0 Å². The number of imide groups is 1. The third-order valence-corrected chi connectivity index (χ3v) is 6.50. The predicted octanol–water partition coefficient (Wildman–Crippen LogP) is 2.04. The normalized spacial score (nSPS) is 15.8. The molecule has 174 valence electrons. The fourth-order valence-corrected chi connectivity index (χ4v) is 4.87. The van der Waals surface area contributed by atoms with Crippen LogP contribution in [0.25, 0.3) is 10.2 Å². The average Bonchev–Trinajstić information content (AvgIpc) is 3.35. The van der Waals surface area contributed by atoms with Crippen molar-refractivity contribution < 1.29 is 33.4 Å². The van der Waals surface area contributed by atoms with Crippen LogP contribution in [0.15, 0.2) is 41.4 Å². The summed E-state index contributed by atoms with van der Waals surface area (Å²) in [7, 11) is 1.28. The minimum absolute atomic E-state index is 0.147. The number of amides is 3. The van der Waals surface area contributed by atoms with Crippen molar-refractivity contribution in [1.82, 2.24) is 4.57 Å². The number of hydrogen-bond acceptors (Lipinski definition) is 8. The van der Waals surface area contributed by atoms with Gasteiger partial charge in [0.2, 0.25) is 11.8 Å². The first-order chi connectivity index (χ1) is 16.4. The molecule has 0 unspecified atom stereocenters. The van der Waals surface area contributed by atoms with Crippen LogP contribution in [0.2, 0.25) is 0 Å². The molecule has 2 aliphatic heterocycles. The van der Waals surface area contributed by atoms with E-state index < -0.39 is 11.9 Å². The third-order valence-electron chi connectivity index (χ3n) is 5.46. The number of fused-ring (bicyclic) bond motifs is 2. The molecule has 10 nitrogen and oxygen atoms in total. The molecule has 0 atom stereocenters. The van der Waals surface area contributed by atoms with Crippen LogP contribution in [0, 0.1) is 0 Å². The lowest BCUT2D eigenvalue weighted by molar-refractivity contribution is -0.141. The second-order valence-corrected chi connectivity index (χ2v) is 8.61. The van der Waals surface area contributed by atoms with Crippen molar-refractivity contribution in [3.8, 4) is 11.5 Å². The zero-order chi connectivity index (χ0) is 23.8. The van der Waals surface area contributed by atoms with Gasteiger partial charge in [-0.15, -0.1) is 0 Å². The van der Waals surface area contributed by atoms with Gasteiger partial charge in [-0.05, 0) is 18.2 Å². The Bertz CT molecular complexity index is 1410. The summed E-state index contributed by atoms with van der Waals surface area (Å²) in [6.45, 7) is 0.687. The van der Waals surface area contributed by atoms with E-state index in [2.05, 4.69) is 4.99 Å². The molecule has 0 spiro atoms. The monoisotopic (exact) mass is 481 g/mol. The molecular formula is C23H19N3O7S. The minimum Gasteiger partial charge on any atom is -0.486 e. The summed E-state index contributed by atoms with van der Waals surface area (Å²) in [6, 6.07) is 9.74. The number of carbonyl (C=O) groups is 4. The summed E-state index contributed by atoms with van der Waals surface area (Å²) in [4.78, 5) is 54.9. The van der Waals surface area contributed by atoms with Crippen molar-refractivity contribution >= 4 is 50.9 Å². The number of hydrogen-bond donors (Lipinski definition) is 0. The average molecular weight is 481 g/mol. The molecule has 1 aromatic heterocycles. The van der Waals surface area contributed by atoms with E-state index in [0.717, 1.165) is 9.60 Å². The molecule has 3 aromatic rings. The topological polar surface area (TPSA) is 116 Å². The van der Waals surface area contributed by atoms with Gasteiger partial charge in [0.15, 0.2) is 16.3 Å². The number of esters is 1. The van der Waals surface area contributed by atoms with Gasteiger partial charge in [-0.1, -0.05) is 17.4 Å². The molecule has 1 fully saturated rings. The van der Waals surface area contributed by atoms with Crippen LogP contribution in [-0.4, -0.2) is 48.6 Å². The van der Waals surface area contributed by atoms with Crippen molar-refractivity contribution in [3.63, 3.8) is 0 Å². The maximum absolute atomic E-state index is 13.1. The summed E-state index contributed by atoms with van der Waals surface area (Å²) in [5.74, 6) is -0.572. The van der Waals surface area contributed by atoms with Crippen LogP contribution in [0.5, 0.6) is 11.5 Å². The number of anilines is 1. The molecule has 2 aromatic carbocycles. The van der Waals surface area contributed by atoms with Gasteiger partial charge in [-0.25, -0.2) is 0 Å². The molecule has 1 saturated heterocycles. The Morgan fingerprint density at radius 1 is 1.06 bits per heavy atom. The van der Waals surface area contributed by atoms with Gasteiger partial charge < -0.3 is 18.8 Å². The first-order valence-electron chi connectivity index (χ1n) is 10.5. The largest absolute Gasteiger partial charge is 0.486 e. The number of benzene rings is 2.